The van der Waals surface area contributed by atoms with Gasteiger partial charge in [0, 0.05) is 24.4 Å². The van der Waals surface area contributed by atoms with Crippen molar-refractivity contribution < 1.29 is 4.79 Å². The van der Waals surface area contributed by atoms with E-state index in [-0.39, 0.29) is 11.4 Å². The van der Waals surface area contributed by atoms with Gasteiger partial charge in [0.25, 0.3) is 0 Å². The third-order valence-corrected chi connectivity index (χ3v) is 5.06. The van der Waals surface area contributed by atoms with Gasteiger partial charge in [0.2, 0.25) is 5.91 Å². The highest BCUT2D eigenvalue weighted by atomic mass is 32.2. The molecule has 0 saturated carbocycles. The molecule has 19 heavy (non-hydrogen) atoms. The predicted molar refractivity (Wildman–Crippen MR) is 81.6 cm³/mol. The van der Waals surface area contributed by atoms with Crippen molar-refractivity contribution in [1.82, 2.24) is 10.2 Å². The fourth-order valence-electron chi connectivity index (χ4n) is 2.46. The Bertz CT molecular complexity index is 353. The van der Waals surface area contributed by atoms with Crippen molar-refractivity contribution in [2.45, 2.75) is 51.5 Å². The molecule has 0 aromatic carbocycles. The van der Waals surface area contributed by atoms with Gasteiger partial charge in [0.15, 0.2) is 5.17 Å². The van der Waals surface area contributed by atoms with E-state index in [1.54, 1.807) is 11.8 Å². The van der Waals surface area contributed by atoms with Crippen molar-refractivity contribution in [3.05, 3.63) is 0 Å². The molecule has 2 heterocycles. The normalized spacial score (nSPS) is 30.2. The number of amides is 1. The lowest BCUT2D eigenvalue weighted by Gasteiger charge is -2.35. The monoisotopic (exact) mass is 283 g/mol. The van der Waals surface area contributed by atoms with Crippen molar-refractivity contribution >= 4 is 22.8 Å². The first-order valence-electron chi connectivity index (χ1n) is 7.36. The van der Waals surface area contributed by atoms with Gasteiger partial charge in [-0.2, -0.15) is 0 Å². The van der Waals surface area contributed by atoms with E-state index in [0.29, 0.717) is 6.54 Å². The molecule has 0 radical (unpaired) electrons. The van der Waals surface area contributed by atoms with E-state index < -0.39 is 0 Å². The molecule has 2 aliphatic heterocycles. The van der Waals surface area contributed by atoms with Gasteiger partial charge in [-0.05, 0) is 39.0 Å². The number of likely N-dealkylation sites (tertiary alicyclic amines) is 1. The minimum Gasteiger partial charge on any atom is -0.360 e. The average Bonchev–Trinajstić information content (AvgIpc) is 2.46. The van der Waals surface area contributed by atoms with Gasteiger partial charge in [-0.25, -0.2) is 0 Å². The van der Waals surface area contributed by atoms with E-state index in [1.165, 1.54) is 6.42 Å². The number of aliphatic imine (C=N–C) groups is 1. The number of amidine groups is 1. The second kappa shape index (κ2) is 6.64. The predicted octanol–water partition coefficient (Wildman–Crippen LogP) is 2.25. The van der Waals surface area contributed by atoms with Crippen LogP contribution in [0.3, 0.4) is 0 Å². The Hall–Kier alpha value is -0.710. The number of hydrogen-bond acceptors (Lipinski definition) is 3. The zero-order valence-corrected chi connectivity index (χ0v) is 12.9. The van der Waals surface area contributed by atoms with Crippen molar-refractivity contribution in [2.75, 3.05) is 25.4 Å². The maximum atomic E-state index is 12.1. The molecule has 1 unspecified atom stereocenters. The van der Waals surface area contributed by atoms with Gasteiger partial charge in [0.1, 0.15) is 6.54 Å². The Morgan fingerprint density at radius 2 is 2.16 bits per heavy atom. The maximum absolute atomic E-state index is 12.1. The van der Waals surface area contributed by atoms with E-state index >= 15 is 0 Å². The van der Waals surface area contributed by atoms with E-state index in [2.05, 4.69) is 24.2 Å². The van der Waals surface area contributed by atoms with Crippen molar-refractivity contribution in [1.29, 1.82) is 0 Å². The molecule has 2 rings (SSSR count). The van der Waals surface area contributed by atoms with Gasteiger partial charge in [-0.3, -0.25) is 9.79 Å². The Kier molecular flexibility index (Phi) is 5.13. The largest absolute Gasteiger partial charge is 0.360 e. The molecule has 2 aliphatic rings. The summed E-state index contributed by atoms with van der Waals surface area (Å²) in [6.45, 7) is 6.55. The molecule has 2 fully saturated rings. The van der Waals surface area contributed by atoms with Crippen LogP contribution >= 0.6 is 11.8 Å². The molecule has 0 spiro atoms. The highest BCUT2D eigenvalue weighted by molar-refractivity contribution is 8.13. The first-order valence-corrected chi connectivity index (χ1v) is 8.35. The summed E-state index contributed by atoms with van der Waals surface area (Å²) in [5.41, 5.74) is 0.151. The fourth-order valence-corrected chi connectivity index (χ4v) is 3.68. The molecule has 108 valence electrons. The first kappa shape index (κ1) is 14.7. The minimum atomic E-state index is 0.151. The molecule has 0 aromatic rings. The number of piperidine rings is 1. The quantitative estimate of drug-likeness (QED) is 0.864. The van der Waals surface area contributed by atoms with Gasteiger partial charge >= 0.3 is 0 Å². The van der Waals surface area contributed by atoms with Crippen molar-refractivity contribution in [2.24, 2.45) is 4.99 Å². The van der Waals surface area contributed by atoms with Crippen LogP contribution < -0.4 is 5.32 Å². The lowest BCUT2D eigenvalue weighted by atomic mass is 9.96. The van der Waals surface area contributed by atoms with Gasteiger partial charge in [-0.15, -0.1) is 0 Å². The molecular weight excluding hydrogens is 258 g/mol. The molecular formula is C14H25N3OS. The third-order valence-electron chi connectivity index (χ3n) is 4.15. The second-order valence-electron chi connectivity index (χ2n) is 5.70. The minimum absolute atomic E-state index is 0.151. The van der Waals surface area contributed by atoms with Crippen molar-refractivity contribution in [3.63, 3.8) is 0 Å². The number of carbonyl (C=O) groups excluding carboxylic acids is 1. The third kappa shape index (κ3) is 4.13. The molecule has 2 saturated heterocycles. The fraction of sp³-hybridized carbons (Fsp3) is 0.857. The van der Waals surface area contributed by atoms with Crippen LogP contribution in [0.15, 0.2) is 4.99 Å². The van der Waals surface area contributed by atoms with Gasteiger partial charge < -0.3 is 10.2 Å². The van der Waals surface area contributed by atoms with Crippen LogP contribution in [-0.4, -0.2) is 46.9 Å². The SMILES string of the molecule is CCC1(C)CCSC(=NCC(=O)N2CCCCC2)N1. The topological polar surface area (TPSA) is 44.7 Å². The van der Waals surface area contributed by atoms with Crippen LogP contribution in [0.25, 0.3) is 0 Å². The van der Waals surface area contributed by atoms with E-state index in [0.717, 1.165) is 49.7 Å². The van der Waals surface area contributed by atoms with Crippen LogP contribution in [0, 0.1) is 0 Å². The van der Waals surface area contributed by atoms with Crippen molar-refractivity contribution in [3.8, 4) is 0 Å². The molecule has 1 N–H and O–H groups in total. The summed E-state index contributed by atoms with van der Waals surface area (Å²) in [5, 5.41) is 4.43. The molecule has 1 atom stereocenters. The molecule has 1 amide bonds. The van der Waals surface area contributed by atoms with Crippen LogP contribution in [0.1, 0.15) is 46.0 Å². The van der Waals surface area contributed by atoms with Crippen LogP contribution in [0.5, 0.6) is 0 Å². The van der Waals surface area contributed by atoms with Crippen LogP contribution in [0.2, 0.25) is 0 Å². The summed E-state index contributed by atoms with van der Waals surface area (Å²) in [4.78, 5) is 18.5. The molecule has 4 nitrogen and oxygen atoms in total. The summed E-state index contributed by atoms with van der Waals surface area (Å²) in [5.74, 6) is 1.27. The van der Waals surface area contributed by atoms with Crippen LogP contribution in [0.4, 0.5) is 0 Å². The highest BCUT2D eigenvalue weighted by Gasteiger charge is 2.27. The number of nitrogens with one attached hydrogen (secondary N) is 1. The summed E-state index contributed by atoms with van der Waals surface area (Å²) in [6.07, 6.45) is 5.79. The summed E-state index contributed by atoms with van der Waals surface area (Å²) in [6, 6.07) is 0. The lowest BCUT2D eigenvalue weighted by molar-refractivity contribution is -0.130. The Labute approximate surface area is 120 Å². The lowest BCUT2D eigenvalue weighted by Crippen LogP contribution is -2.48. The average molecular weight is 283 g/mol. The standard InChI is InChI=1S/C14H25N3OS/c1-3-14(2)7-10-19-13(16-14)15-11-12(18)17-8-5-4-6-9-17/h3-11H2,1-2H3,(H,15,16). The zero-order chi connectivity index (χ0) is 13.7. The molecule has 0 aromatic heterocycles. The summed E-state index contributed by atoms with van der Waals surface area (Å²) >= 11 is 1.74. The summed E-state index contributed by atoms with van der Waals surface area (Å²) < 4.78 is 0. The molecule has 5 heteroatoms. The van der Waals surface area contributed by atoms with E-state index in [4.69, 9.17) is 0 Å². The number of carbonyl (C=O) groups is 1. The summed E-state index contributed by atoms with van der Waals surface area (Å²) in [7, 11) is 0. The molecule has 0 aliphatic carbocycles. The smallest absolute Gasteiger partial charge is 0.244 e. The van der Waals surface area contributed by atoms with Crippen LogP contribution in [-0.2, 0) is 4.79 Å². The Morgan fingerprint density at radius 3 is 2.84 bits per heavy atom. The Balaban J connectivity index is 1.85. The van der Waals surface area contributed by atoms with E-state index in [1.807, 2.05) is 4.90 Å². The number of rotatable bonds is 3. The van der Waals surface area contributed by atoms with E-state index in [9.17, 15) is 4.79 Å². The maximum Gasteiger partial charge on any atom is 0.244 e. The number of thioether (sulfide) groups is 1. The highest BCUT2D eigenvalue weighted by Crippen LogP contribution is 2.24. The number of nitrogens with zero attached hydrogens (tertiary/aromatic N) is 2. The second-order valence-corrected chi connectivity index (χ2v) is 6.78. The zero-order valence-electron chi connectivity index (χ0n) is 12.1. The van der Waals surface area contributed by atoms with Gasteiger partial charge in [0.05, 0.1) is 0 Å². The first-order chi connectivity index (χ1) is 9.13. The number of hydrogen-bond donors (Lipinski definition) is 1. The van der Waals surface area contributed by atoms with Gasteiger partial charge in [-0.1, -0.05) is 18.7 Å². The Morgan fingerprint density at radius 1 is 1.42 bits per heavy atom. The molecule has 0 bridgehead atoms.